The quantitative estimate of drug-likeness (QED) is 0.846. The molecule has 20 heavy (non-hydrogen) atoms. The number of hydrogen-bond donors (Lipinski definition) is 1. The van der Waals surface area contributed by atoms with E-state index in [1.54, 1.807) is 4.90 Å². The monoisotopic (exact) mass is 294 g/mol. The summed E-state index contributed by atoms with van der Waals surface area (Å²) in [4.78, 5) is 1.60. The molecule has 0 heterocycles. The molecule has 1 aromatic rings. The van der Waals surface area contributed by atoms with Crippen LogP contribution in [0.4, 0.5) is 14.5 Å². The maximum absolute atomic E-state index is 13.5. The van der Waals surface area contributed by atoms with Crippen LogP contribution in [0.15, 0.2) is 18.2 Å². The highest BCUT2D eigenvalue weighted by molar-refractivity contribution is 7.80. The number of hydrogen-bond acceptors (Lipinski definition) is 3. The molecule has 0 aliphatic heterocycles. The van der Waals surface area contributed by atoms with Crippen molar-refractivity contribution in [3.8, 4) is 12.1 Å². The minimum atomic E-state index is -0.757. The zero-order valence-electron chi connectivity index (χ0n) is 10.6. The molecular formula is C13H12F2N4S. The van der Waals surface area contributed by atoms with Gasteiger partial charge in [-0.2, -0.15) is 10.5 Å². The molecule has 104 valence electrons. The van der Waals surface area contributed by atoms with Crippen molar-refractivity contribution in [1.29, 1.82) is 10.5 Å². The molecule has 0 bridgehead atoms. The second kappa shape index (κ2) is 8.03. The number of thiocarbonyl (C=S) groups is 1. The average molecular weight is 294 g/mol. The molecule has 7 heteroatoms. The Labute approximate surface area is 121 Å². The normalized spacial score (nSPS) is 9.40. The molecule has 0 aliphatic rings. The van der Waals surface area contributed by atoms with Gasteiger partial charge in [-0.1, -0.05) is 0 Å². The standard InChI is InChI=1S/C13H12F2N4S/c14-10-3-4-12(11(15)9-10)18-13(20)19(7-1-5-16)8-2-6-17/h3-4,9H,1-2,7-8H2,(H,18,20). The van der Waals surface area contributed by atoms with Crippen LogP contribution in [0.2, 0.25) is 0 Å². The maximum atomic E-state index is 13.5. The number of nitrogens with zero attached hydrogens (tertiary/aromatic N) is 3. The fourth-order valence-corrected chi connectivity index (χ4v) is 1.76. The molecule has 0 atom stereocenters. The molecule has 0 amide bonds. The van der Waals surface area contributed by atoms with Gasteiger partial charge < -0.3 is 10.2 Å². The highest BCUT2D eigenvalue weighted by atomic mass is 32.1. The van der Waals surface area contributed by atoms with E-state index in [1.165, 1.54) is 6.07 Å². The van der Waals surface area contributed by atoms with Gasteiger partial charge in [0.05, 0.1) is 30.7 Å². The van der Waals surface area contributed by atoms with Gasteiger partial charge in [-0.15, -0.1) is 0 Å². The van der Waals surface area contributed by atoms with Crippen LogP contribution in [-0.2, 0) is 0 Å². The molecule has 4 nitrogen and oxygen atoms in total. The van der Waals surface area contributed by atoms with Gasteiger partial charge in [-0.25, -0.2) is 8.78 Å². The second-order valence-corrected chi connectivity index (χ2v) is 4.24. The van der Waals surface area contributed by atoms with E-state index in [1.807, 2.05) is 12.1 Å². The molecule has 1 rings (SSSR count). The van der Waals surface area contributed by atoms with Crippen LogP contribution in [0, 0.1) is 34.3 Å². The molecule has 0 aliphatic carbocycles. The Hall–Kier alpha value is -2.25. The minimum absolute atomic E-state index is 0.0512. The lowest BCUT2D eigenvalue weighted by molar-refractivity contribution is 0.442. The van der Waals surface area contributed by atoms with Gasteiger partial charge in [0, 0.05) is 19.2 Å². The number of halogens is 2. The van der Waals surface area contributed by atoms with Crippen LogP contribution >= 0.6 is 12.2 Å². The summed E-state index contributed by atoms with van der Waals surface area (Å²) in [6.07, 6.45) is 0.471. The summed E-state index contributed by atoms with van der Waals surface area (Å²) >= 11 is 5.11. The molecule has 0 radical (unpaired) electrons. The average Bonchev–Trinajstić information content (AvgIpc) is 2.42. The van der Waals surface area contributed by atoms with Gasteiger partial charge in [0.25, 0.3) is 0 Å². The van der Waals surface area contributed by atoms with Crippen molar-refractivity contribution in [2.24, 2.45) is 0 Å². The van der Waals surface area contributed by atoms with Crippen LogP contribution in [0.1, 0.15) is 12.8 Å². The lowest BCUT2D eigenvalue weighted by atomic mass is 10.3. The molecule has 1 aromatic carbocycles. The molecule has 0 spiro atoms. The summed E-state index contributed by atoms with van der Waals surface area (Å²) in [6.45, 7) is 0.680. The maximum Gasteiger partial charge on any atom is 0.173 e. The van der Waals surface area contributed by atoms with Gasteiger partial charge in [0.2, 0.25) is 0 Å². The van der Waals surface area contributed by atoms with E-state index in [9.17, 15) is 8.78 Å². The van der Waals surface area contributed by atoms with Crippen molar-refractivity contribution in [2.75, 3.05) is 18.4 Å². The molecule has 0 fully saturated rings. The Morgan fingerprint density at radius 1 is 1.20 bits per heavy atom. The van der Waals surface area contributed by atoms with Gasteiger partial charge >= 0.3 is 0 Å². The molecule has 0 unspecified atom stereocenters. The van der Waals surface area contributed by atoms with E-state index in [4.69, 9.17) is 22.7 Å². The lowest BCUT2D eigenvalue weighted by Gasteiger charge is -2.24. The first-order valence-corrected chi connectivity index (χ1v) is 6.24. The Morgan fingerprint density at radius 2 is 1.80 bits per heavy atom. The molecule has 0 aromatic heterocycles. The van der Waals surface area contributed by atoms with Crippen LogP contribution in [0.5, 0.6) is 0 Å². The highest BCUT2D eigenvalue weighted by Gasteiger charge is 2.11. The molecule has 1 N–H and O–H groups in total. The third kappa shape index (κ3) is 4.79. The van der Waals surface area contributed by atoms with Gasteiger partial charge in [0.15, 0.2) is 5.11 Å². The summed E-state index contributed by atoms with van der Waals surface area (Å²) in [5.74, 6) is -1.43. The Balaban J connectivity index is 2.74. The Bertz CT molecular complexity index is 544. The fraction of sp³-hybridized carbons (Fsp3) is 0.308. The Morgan fingerprint density at radius 3 is 2.30 bits per heavy atom. The Kier molecular flexibility index (Phi) is 6.34. The summed E-state index contributed by atoms with van der Waals surface area (Å²) in [5.41, 5.74) is 0.0512. The van der Waals surface area contributed by atoms with E-state index in [2.05, 4.69) is 5.32 Å². The molecule has 0 saturated heterocycles. The van der Waals surface area contributed by atoms with Gasteiger partial charge in [-0.3, -0.25) is 0 Å². The topological polar surface area (TPSA) is 62.9 Å². The van der Waals surface area contributed by atoms with Gasteiger partial charge in [0.1, 0.15) is 11.6 Å². The van der Waals surface area contributed by atoms with Crippen LogP contribution < -0.4 is 5.32 Å². The van der Waals surface area contributed by atoms with Crippen molar-refractivity contribution < 1.29 is 8.78 Å². The number of anilines is 1. The number of nitrogens with one attached hydrogen (secondary N) is 1. The second-order valence-electron chi connectivity index (χ2n) is 3.86. The third-order valence-electron chi connectivity index (χ3n) is 2.45. The van der Waals surface area contributed by atoms with Crippen molar-refractivity contribution in [1.82, 2.24) is 4.90 Å². The summed E-state index contributed by atoms with van der Waals surface area (Å²) in [6, 6.07) is 7.06. The van der Waals surface area contributed by atoms with Crippen LogP contribution in [-0.4, -0.2) is 23.1 Å². The number of rotatable bonds is 5. The first kappa shape index (κ1) is 15.8. The zero-order valence-corrected chi connectivity index (χ0v) is 11.4. The predicted octanol–water partition coefficient (Wildman–Crippen LogP) is 2.79. The molecule has 0 saturated carbocycles. The van der Waals surface area contributed by atoms with E-state index >= 15 is 0 Å². The first-order valence-electron chi connectivity index (χ1n) is 5.83. The zero-order chi connectivity index (χ0) is 15.0. The molecular weight excluding hydrogens is 282 g/mol. The lowest BCUT2D eigenvalue weighted by Crippen LogP contribution is -2.36. The van der Waals surface area contributed by atoms with E-state index in [0.717, 1.165) is 12.1 Å². The number of benzene rings is 1. The fourth-order valence-electron chi connectivity index (χ4n) is 1.47. The SMILES string of the molecule is N#CCCN(CCC#N)C(=S)Nc1ccc(F)cc1F. The van der Waals surface area contributed by atoms with Crippen LogP contribution in [0.25, 0.3) is 0 Å². The summed E-state index contributed by atoms with van der Waals surface area (Å²) < 4.78 is 26.3. The van der Waals surface area contributed by atoms with E-state index in [-0.39, 0.29) is 23.6 Å². The predicted molar refractivity (Wildman–Crippen MR) is 74.6 cm³/mol. The number of nitriles is 2. The largest absolute Gasteiger partial charge is 0.347 e. The summed E-state index contributed by atoms with van der Waals surface area (Å²) in [5, 5.41) is 20.0. The minimum Gasteiger partial charge on any atom is -0.347 e. The summed E-state index contributed by atoms with van der Waals surface area (Å²) in [7, 11) is 0. The van der Waals surface area contributed by atoms with Crippen molar-refractivity contribution in [2.45, 2.75) is 12.8 Å². The van der Waals surface area contributed by atoms with E-state index < -0.39 is 11.6 Å². The van der Waals surface area contributed by atoms with E-state index in [0.29, 0.717) is 13.1 Å². The van der Waals surface area contributed by atoms with Crippen LogP contribution in [0.3, 0.4) is 0 Å². The van der Waals surface area contributed by atoms with Crippen molar-refractivity contribution in [3.63, 3.8) is 0 Å². The van der Waals surface area contributed by atoms with Gasteiger partial charge in [-0.05, 0) is 24.4 Å². The first-order chi connectivity index (χ1) is 9.58. The highest BCUT2D eigenvalue weighted by Crippen LogP contribution is 2.15. The van der Waals surface area contributed by atoms with Crippen molar-refractivity contribution >= 4 is 23.0 Å². The van der Waals surface area contributed by atoms with Crippen molar-refractivity contribution in [3.05, 3.63) is 29.8 Å². The third-order valence-corrected chi connectivity index (χ3v) is 2.81. The smallest absolute Gasteiger partial charge is 0.173 e.